The second-order valence-corrected chi connectivity index (χ2v) is 16.2. The topological polar surface area (TPSA) is 115 Å². The van der Waals surface area contributed by atoms with Crippen LogP contribution in [-0.4, -0.2) is 57.9 Å². The van der Waals surface area contributed by atoms with E-state index in [1.165, 1.54) is 11.1 Å². The van der Waals surface area contributed by atoms with Crippen LogP contribution < -0.4 is 14.4 Å². The number of carbonyl (C=O) groups excluding carboxylic acids is 2. The molecule has 1 fully saturated rings. The third-order valence-corrected chi connectivity index (χ3v) is 12.4. The summed E-state index contributed by atoms with van der Waals surface area (Å²) in [5, 5.41) is 4.97. The van der Waals surface area contributed by atoms with Crippen molar-refractivity contribution in [1.29, 1.82) is 0 Å². The highest BCUT2D eigenvalue weighted by Gasteiger charge is 2.38. The standard InChI is InChI=1S/C38H48ClN5O5S/c1-26-23-40-43(2)33(26)16-18-37(45)41-50(47)20-8-4-5-10-35(48-3)32-15-12-30(32)25-44-24-29-11-14-31(39)21-27(29)9-6-7-19-49-36-17-13-28(22-34(36)44)38(46)42-50/h5,10-11,13-14,17,21-23,30,32,35H,4,6-9,12,15-16,18-20,24-25H2,1-3H3,(H,41,42,45,46,47)/b10-5+/t30-,32+,35-,50?/m0/s1. The third-order valence-electron chi connectivity index (χ3n) is 10.3. The van der Waals surface area contributed by atoms with Crippen molar-refractivity contribution in [2.75, 3.05) is 30.9 Å². The van der Waals surface area contributed by atoms with Crippen molar-refractivity contribution < 1.29 is 23.3 Å². The van der Waals surface area contributed by atoms with E-state index in [2.05, 4.69) is 43.4 Å². The van der Waals surface area contributed by atoms with E-state index in [1.807, 2.05) is 32.2 Å². The van der Waals surface area contributed by atoms with Crippen LogP contribution in [0.25, 0.3) is 0 Å². The molecule has 1 saturated carbocycles. The average molecular weight is 722 g/mol. The molecule has 1 aromatic heterocycles. The second-order valence-electron chi connectivity index (χ2n) is 13.7. The maximum Gasteiger partial charge on any atom is 0.286 e. The van der Waals surface area contributed by atoms with Gasteiger partial charge >= 0.3 is 0 Å². The van der Waals surface area contributed by atoms with E-state index in [0.717, 1.165) is 55.6 Å². The van der Waals surface area contributed by atoms with Gasteiger partial charge in [-0.1, -0.05) is 29.8 Å². The Bertz CT molecular complexity index is 1850. The minimum absolute atomic E-state index is 0.0444. The van der Waals surface area contributed by atoms with Gasteiger partial charge in [-0.2, -0.15) is 5.10 Å². The van der Waals surface area contributed by atoms with Gasteiger partial charge in [0, 0.05) is 49.9 Å². The Morgan fingerprint density at radius 2 is 2.00 bits per heavy atom. The lowest BCUT2D eigenvalue weighted by Gasteiger charge is -2.43. The number of fused-ring (bicyclic) bond motifs is 3. The van der Waals surface area contributed by atoms with Gasteiger partial charge in [0.05, 0.1) is 30.3 Å². The lowest BCUT2D eigenvalue weighted by atomic mass is 9.70. The maximum absolute atomic E-state index is 14.3. The second kappa shape index (κ2) is 16.1. The predicted octanol–water partition coefficient (Wildman–Crippen LogP) is 6.77. The van der Waals surface area contributed by atoms with Crippen LogP contribution in [0.3, 0.4) is 0 Å². The Morgan fingerprint density at radius 1 is 1.14 bits per heavy atom. The molecule has 3 aromatic rings. The molecule has 3 aliphatic rings. The van der Waals surface area contributed by atoms with Crippen LogP contribution in [0.15, 0.2) is 59.1 Å². The van der Waals surface area contributed by atoms with Crippen LogP contribution in [0.4, 0.5) is 5.69 Å². The lowest BCUT2D eigenvalue weighted by Crippen LogP contribution is -2.43. The number of anilines is 1. The SMILES string of the molecule is CO[C@H]1/C=C/CCCS(=O)(NC(=O)CCc2c(C)cnn2C)=NC(=O)c2ccc3c(c2)N(Cc2ccc(Cl)cc2CCCCO3)C[C@@H]2CC[C@H]21. The molecule has 10 nitrogen and oxygen atoms in total. The number of hydrogen-bond acceptors (Lipinski definition) is 7. The molecule has 1 aliphatic carbocycles. The van der Waals surface area contributed by atoms with E-state index in [-0.39, 0.29) is 18.3 Å². The molecule has 2 bridgehead atoms. The molecule has 0 spiro atoms. The number of halogens is 1. The van der Waals surface area contributed by atoms with Crippen LogP contribution in [0.1, 0.15) is 77.7 Å². The van der Waals surface area contributed by atoms with Gasteiger partial charge in [-0.15, -0.1) is 4.36 Å². The molecule has 268 valence electrons. The number of methoxy groups -OCH3 is 1. The largest absolute Gasteiger partial charge is 0.491 e. The van der Waals surface area contributed by atoms with Crippen LogP contribution in [0, 0.1) is 18.8 Å². The highest BCUT2D eigenvalue weighted by atomic mass is 35.5. The summed E-state index contributed by atoms with van der Waals surface area (Å²) in [6.07, 6.45) is 12.4. The number of nitrogens with zero attached hydrogens (tertiary/aromatic N) is 4. The normalized spacial score (nSPS) is 25.1. The zero-order chi connectivity index (χ0) is 35.3. The number of nitrogens with one attached hydrogen (secondary N) is 1. The van der Waals surface area contributed by atoms with E-state index >= 15 is 0 Å². The smallest absolute Gasteiger partial charge is 0.286 e. The van der Waals surface area contributed by atoms with E-state index in [9.17, 15) is 13.8 Å². The number of allylic oxidation sites excluding steroid dienone is 1. The Balaban J connectivity index is 1.37. The molecule has 2 aliphatic heterocycles. The molecular formula is C38H48ClN5O5S. The van der Waals surface area contributed by atoms with Crippen molar-refractivity contribution in [1.82, 2.24) is 14.5 Å². The van der Waals surface area contributed by atoms with Crippen molar-refractivity contribution >= 4 is 39.0 Å². The minimum atomic E-state index is -3.43. The zero-order valence-electron chi connectivity index (χ0n) is 29.2. The molecular weight excluding hydrogens is 674 g/mol. The first-order valence-electron chi connectivity index (χ1n) is 17.7. The summed E-state index contributed by atoms with van der Waals surface area (Å²) in [4.78, 5) is 29.4. The average Bonchev–Trinajstić information content (AvgIpc) is 3.38. The number of amides is 2. The summed E-state index contributed by atoms with van der Waals surface area (Å²) in [6.45, 7) is 3.83. The summed E-state index contributed by atoms with van der Waals surface area (Å²) in [5.74, 6) is 0.391. The number of hydrogen-bond donors (Lipinski definition) is 1. The first-order valence-corrected chi connectivity index (χ1v) is 19.7. The molecule has 2 aromatic carbocycles. The number of ether oxygens (including phenoxy) is 2. The number of aromatic nitrogens is 2. The Hall–Kier alpha value is -3.67. The van der Waals surface area contributed by atoms with Gasteiger partial charge < -0.3 is 14.4 Å². The molecule has 6 rings (SSSR count). The molecule has 4 atom stereocenters. The van der Waals surface area contributed by atoms with E-state index < -0.39 is 21.7 Å². The van der Waals surface area contributed by atoms with Crippen LogP contribution in [0.5, 0.6) is 5.75 Å². The number of aryl methyl sites for hydroxylation is 3. The van der Waals surface area contributed by atoms with Crippen LogP contribution >= 0.6 is 11.6 Å². The fourth-order valence-corrected chi connectivity index (χ4v) is 9.14. The molecule has 12 heteroatoms. The Kier molecular flexibility index (Phi) is 11.7. The molecule has 1 N–H and O–H groups in total. The van der Waals surface area contributed by atoms with Gasteiger partial charge in [-0.05, 0) is 117 Å². The predicted molar refractivity (Wildman–Crippen MR) is 197 cm³/mol. The molecule has 50 heavy (non-hydrogen) atoms. The van der Waals surface area contributed by atoms with Gasteiger partial charge in [-0.25, -0.2) is 4.21 Å². The summed E-state index contributed by atoms with van der Waals surface area (Å²) in [6, 6.07) is 11.4. The van der Waals surface area contributed by atoms with Gasteiger partial charge in [0.15, 0.2) is 0 Å². The zero-order valence-corrected chi connectivity index (χ0v) is 30.8. The summed E-state index contributed by atoms with van der Waals surface area (Å²) in [5.41, 5.74) is 5.39. The van der Waals surface area contributed by atoms with Crippen molar-refractivity contribution in [3.05, 3.63) is 87.7 Å². The van der Waals surface area contributed by atoms with Gasteiger partial charge in [0.25, 0.3) is 5.91 Å². The fourth-order valence-electron chi connectivity index (χ4n) is 7.31. The maximum atomic E-state index is 14.3. The highest BCUT2D eigenvalue weighted by Crippen LogP contribution is 2.42. The molecule has 0 saturated heterocycles. The molecule has 2 amide bonds. The van der Waals surface area contributed by atoms with Crippen LogP contribution in [0.2, 0.25) is 5.02 Å². The third kappa shape index (κ3) is 8.61. The Morgan fingerprint density at radius 3 is 2.76 bits per heavy atom. The monoisotopic (exact) mass is 721 g/mol. The summed E-state index contributed by atoms with van der Waals surface area (Å²) in [7, 11) is 0.156. The van der Waals surface area contributed by atoms with E-state index in [1.54, 1.807) is 24.1 Å². The minimum Gasteiger partial charge on any atom is -0.491 e. The summed E-state index contributed by atoms with van der Waals surface area (Å²) < 4.78 is 35.3. The van der Waals surface area contributed by atoms with Gasteiger partial charge in [0.1, 0.15) is 15.7 Å². The van der Waals surface area contributed by atoms with Crippen molar-refractivity contribution in [3.63, 3.8) is 0 Å². The Labute approximate surface area is 300 Å². The van der Waals surface area contributed by atoms with Crippen molar-refractivity contribution in [2.45, 2.75) is 77.4 Å². The van der Waals surface area contributed by atoms with Crippen LogP contribution in [-0.2, 0) is 45.9 Å². The van der Waals surface area contributed by atoms with Gasteiger partial charge in [-0.3, -0.25) is 19.0 Å². The van der Waals surface area contributed by atoms with Crippen molar-refractivity contribution in [3.8, 4) is 5.75 Å². The first-order chi connectivity index (χ1) is 24.1. The highest BCUT2D eigenvalue weighted by molar-refractivity contribution is 7.92. The number of rotatable bonds is 5. The fraction of sp³-hybridized carbons (Fsp3) is 0.500. The lowest BCUT2D eigenvalue weighted by molar-refractivity contribution is -0.119. The first kappa shape index (κ1) is 36.1. The molecule has 1 unspecified atom stereocenters. The quantitative estimate of drug-likeness (QED) is 0.290. The molecule has 0 radical (unpaired) electrons. The van der Waals surface area contributed by atoms with Crippen molar-refractivity contribution in [2.24, 2.45) is 23.2 Å². The van der Waals surface area contributed by atoms with E-state index in [4.69, 9.17) is 21.1 Å². The van der Waals surface area contributed by atoms with E-state index in [0.29, 0.717) is 60.6 Å². The number of benzene rings is 2. The summed E-state index contributed by atoms with van der Waals surface area (Å²) >= 11 is 6.46. The van der Waals surface area contributed by atoms with Gasteiger partial charge in [0.2, 0.25) is 5.91 Å². The number of carbonyl (C=O) groups is 2. The molecule has 3 heterocycles.